The molecule has 0 atom stereocenters. The molecule has 1 aromatic rings. The molecule has 0 saturated carbocycles. The van der Waals surface area contributed by atoms with Gasteiger partial charge in [0.05, 0.1) is 0 Å². The van der Waals surface area contributed by atoms with E-state index in [2.05, 4.69) is 44.8 Å². The van der Waals surface area contributed by atoms with Crippen LogP contribution in [0.2, 0.25) is 0 Å². The van der Waals surface area contributed by atoms with Gasteiger partial charge < -0.3 is 10.6 Å². The Bertz CT molecular complexity index is 461. The minimum Gasteiger partial charge on any atom is -0.356 e. The first-order valence-corrected chi connectivity index (χ1v) is 7.23. The Balaban J connectivity index is 0.00000147. The Hall–Kier alpha value is -0.820. The normalized spacial score (nSPS) is 18.3. The van der Waals surface area contributed by atoms with Gasteiger partial charge in [-0.25, -0.2) is 0 Å². The molecule has 0 saturated heterocycles. The fraction of sp³-hybridized carbons (Fsp3) is 0.533. The predicted octanol–water partition coefficient (Wildman–Crippen LogP) is 1.60. The number of hydrogen-bond acceptors (Lipinski definition) is 4. The lowest BCUT2D eigenvalue weighted by Crippen LogP contribution is -2.44. The standard InChI is InChI=1S/C15H22N4.HI/c1-2-5-14-12-19(10-6-13(14)4-1)11-9-18-15-16-7-3-8-17-15;/h1-2,4-5H,3,6-12H2,(H2,16,17,18);1H. The highest BCUT2D eigenvalue weighted by atomic mass is 127. The average Bonchev–Trinajstić information content (AvgIpc) is 2.48. The van der Waals surface area contributed by atoms with Crippen molar-refractivity contribution in [1.29, 1.82) is 0 Å². The number of hydrogen-bond donors (Lipinski definition) is 2. The molecule has 0 spiro atoms. The molecule has 0 amide bonds. The number of fused-ring (bicyclic) bond motifs is 1. The molecule has 5 heteroatoms. The van der Waals surface area contributed by atoms with Crippen molar-refractivity contribution < 1.29 is 0 Å². The van der Waals surface area contributed by atoms with Crippen LogP contribution in [0.25, 0.3) is 0 Å². The number of nitrogens with zero attached hydrogens (tertiary/aromatic N) is 2. The lowest BCUT2D eigenvalue weighted by atomic mass is 10.00. The van der Waals surface area contributed by atoms with Crippen molar-refractivity contribution in [2.24, 2.45) is 4.99 Å². The second-order valence-electron chi connectivity index (χ2n) is 5.23. The summed E-state index contributed by atoms with van der Waals surface area (Å²) in [4.78, 5) is 6.94. The molecule has 0 bridgehead atoms. The summed E-state index contributed by atoms with van der Waals surface area (Å²) in [6.07, 6.45) is 2.32. The number of aliphatic imine (C=N–C) groups is 1. The molecule has 3 rings (SSSR count). The molecule has 0 fully saturated rings. The van der Waals surface area contributed by atoms with E-state index in [0.717, 1.165) is 45.1 Å². The molecule has 0 radical (unpaired) electrons. The van der Waals surface area contributed by atoms with Crippen LogP contribution in [0, 0.1) is 0 Å². The molecule has 0 aromatic heterocycles. The third-order valence-corrected chi connectivity index (χ3v) is 3.83. The molecular weight excluding hydrogens is 363 g/mol. The average molecular weight is 386 g/mol. The largest absolute Gasteiger partial charge is 0.356 e. The molecule has 1 aromatic carbocycles. The van der Waals surface area contributed by atoms with Gasteiger partial charge >= 0.3 is 0 Å². The Labute approximate surface area is 138 Å². The predicted molar refractivity (Wildman–Crippen MR) is 93.8 cm³/mol. The summed E-state index contributed by atoms with van der Waals surface area (Å²) in [7, 11) is 0. The highest BCUT2D eigenvalue weighted by Gasteiger charge is 2.15. The third-order valence-electron chi connectivity index (χ3n) is 3.83. The van der Waals surface area contributed by atoms with Gasteiger partial charge in [0.1, 0.15) is 0 Å². The molecule has 2 heterocycles. The quantitative estimate of drug-likeness (QED) is 0.776. The van der Waals surface area contributed by atoms with Crippen molar-refractivity contribution >= 4 is 29.9 Å². The van der Waals surface area contributed by atoms with E-state index in [4.69, 9.17) is 0 Å². The number of nitrogens with one attached hydrogen (secondary N) is 2. The van der Waals surface area contributed by atoms with Gasteiger partial charge in [0.15, 0.2) is 5.96 Å². The Morgan fingerprint density at radius 3 is 2.90 bits per heavy atom. The highest BCUT2D eigenvalue weighted by Crippen LogP contribution is 2.17. The second kappa shape index (κ2) is 7.83. The van der Waals surface area contributed by atoms with Crippen LogP contribution in [0.5, 0.6) is 0 Å². The van der Waals surface area contributed by atoms with E-state index >= 15 is 0 Å². The van der Waals surface area contributed by atoms with E-state index in [0.29, 0.717) is 0 Å². The van der Waals surface area contributed by atoms with Gasteiger partial charge in [-0.2, -0.15) is 0 Å². The number of benzene rings is 1. The second-order valence-corrected chi connectivity index (χ2v) is 5.23. The Morgan fingerprint density at radius 1 is 1.25 bits per heavy atom. The Kier molecular flexibility index (Phi) is 6.09. The molecular formula is C15H23IN4. The van der Waals surface area contributed by atoms with Crippen molar-refractivity contribution in [3.63, 3.8) is 0 Å². The van der Waals surface area contributed by atoms with E-state index < -0.39 is 0 Å². The maximum absolute atomic E-state index is 4.42. The maximum Gasteiger partial charge on any atom is 0.191 e. The van der Waals surface area contributed by atoms with Gasteiger partial charge in [-0.05, 0) is 24.0 Å². The smallest absolute Gasteiger partial charge is 0.191 e. The van der Waals surface area contributed by atoms with Crippen LogP contribution in [0.1, 0.15) is 17.5 Å². The number of halogens is 1. The minimum atomic E-state index is 0. The van der Waals surface area contributed by atoms with E-state index in [1.165, 1.54) is 24.1 Å². The first-order valence-electron chi connectivity index (χ1n) is 7.23. The third kappa shape index (κ3) is 4.09. The van der Waals surface area contributed by atoms with Gasteiger partial charge in [0, 0.05) is 39.3 Å². The Morgan fingerprint density at radius 2 is 2.10 bits per heavy atom. The summed E-state index contributed by atoms with van der Waals surface area (Å²) >= 11 is 0. The summed E-state index contributed by atoms with van der Waals surface area (Å²) in [6, 6.07) is 8.79. The molecule has 110 valence electrons. The topological polar surface area (TPSA) is 39.7 Å². The monoisotopic (exact) mass is 386 g/mol. The summed E-state index contributed by atoms with van der Waals surface area (Å²) in [6.45, 7) is 6.29. The fourth-order valence-electron chi connectivity index (χ4n) is 2.73. The SMILES string of the molecule is I.c1ccc2c(c1)CCN(CCNC1=NCCCN1)C2. The summed E-state index contributed by atoms with van der Waals surface area (Å²) in [5, 5.41) is 6.68. The van der Waals surface area contributed by atoms with Crippen LogP contribution < -0.4 is 10.6 Å². The lowest BCUT2D eigenvalue weighted by molar-refractivity contribution is 0.258. The van der Waals surface area contributed by atoms with Gasteiger partial charge in [-0.15, -0.1) is 24.0 Å². The van der Waals surface area contributed by atoms with E-state index in [-0.39, 0.29) is 24.0 Å². The summed E-state index contributed by atoms with van der Waals surface area (Å²) < 4.78 is 0. The van der Waals surface area contributed by atoms with Crippen LogP contribution in [0.3, 0.4) is 0 Å². The van der Waals surface area contributed by atoms with Crippen molar-refractivity contribution in [2.75, 3.05) is 32.7 Å². The molecule has 4 nitrogen and oxygen atoms in total. The molecule has 0 unspecified atom stereocenters. The van der Waals surface area contributed by atoms with Crippen LogP contribution in [0.4, 0.5) is 0 Å². The highest BCUT2D eigenvalue weighted by molar-refractivity contribution is 14.0. The molecule has 2 aliphatic rings. The zero-order valence-electron chi connectivity index (χ0n) is 11.8. The van der Waals surface area contributed by atoms with E-state index in [1.807, 2.05) is 0 Å². The first kappa shape index (κ1) is 15.6. The molecule has 20 heavy (non-hydrogen) atoms. The fourth-order valence-corrected chi connectivity index (χ4v) is 2.73. The van der Waals surface area contributed by atoms with Gasteiger partial charge in [-0.3, -0.25) is 9.89 Å². The summed E-state index contributed by atoms with van der Waals surface area (Å²) in [5.41, 5.74) is 3.01. The number of guanidine groups is 1. The molecule has 0 aliphatic carbocycles. The minimum absolute atomic E-state index is 0. The van der Waals surface area contributed by atoms with Crippen LogP contribution in [0.15, 0.2) is 29.3 Å². The molecule has 2 N–H and O–H groups in total. The van der Waals surface area contributed by atoms with E-state index in [1.54, 1.807) is 0 Å². The maximum atomic E-state index is 4.42. The van der Waals surface area contributed by atoms with E-state index in [9.17, 15) is 0 Å². The van der Waals surface area contributed by atoms with Crippen LogP contribution in [-0.4, -0.2) is 43.6 Å². The van der Waals surface area contributed by atoms with Gasteiger partial charge in [0.2, 0.25) is 0 Å². The zero-order valence-corrected chi connectivity index (χ0v) is 14.1. The van der Waals surface area contributed by atoms with Gasteiger partial charge in [0.25, 0.3) is 0 Å². The van der Waals surface area contributed by atoms with Crippen molar-refractivity contribution in [3.8, 4) is 0 Å². The summed E-state index contributed by atoms with van der Waals surface area (Å²) in [5.74, 6) is 0.976. The van der Waals surface area contributed by atoms with Crippen LogP contribution >= 0.6 is 24.0 Å². The van der Waals surface area contributed by atoms with Gasteiger partial charge in [-0.1, -0.05) is 24.3 Å². The van der Waals surface area contributed by atoms with Crippen molar-refractivity contribution in [1.82, 2.24) is 15.5 Å². The molecule has 2 aliphatic heterocycles. The van der Waals surface area contributed by atoms with Crippen molar-refractivity contribution in [2.45, 2.75) is 19.4 Å². The van der Waals surface area contributed by atoms with Crippen LogP contribution in [-0.2, 0) is 13.0 Å². The zero-order chi connectivity index (χ0) is 12.9. The number of rotatable bonds is 3. The lowest BCUT2D eigenvalue weighted by Gasteiger charge is -2.29. The van der Waals surface area contributed by atoms with Crippen molar-refractivity contribution in [3.05, 3.63) is 35.4 Å². The first-order chi connectivity index (χ1) is 9.42.